The van der Waals surface area contributed by atoms with Crippen LogP contribution in [-0.4, -0.2) is 37.5 Å². The van der Waals surface area contributed by atoms with E-state index in [1.54, 1.807) is 0 Å². The lowest BCUT2D eigenvalue weighted by molar-refractivity contribution is 0.115. The predicted octanol–water partition coefficient (Wildman–Crippen LogP) is 4.93. The van der Waals surface area contributed by atoms with E-state index in [0.29, 0.717) is 18.0 Å². The second kappa shape index (κ2) is 8.46. The van der Waals surface area contributed by atoms with Gasteiger partial charge < -0.3 is 4.90 Å². The number of rotatable bonds is 4. The second-order valence-electron chi connectivity index (χ2n) is 7.40. The van der Waals surface area contributed by atoms with Crippen molar-refractivity contribution in [2.45, 2.75) is 24.9 Å². The maximum absolute atomic E-state index is 2.56. The van der Waals surface area contributed by atoms with Crippen LogP contribution in [-0.2, 0) is 0 Å². The van der Waals surface area contributed by atoms with E-state index in [-0.39, 0.29) is 0 Å². The number of allylic oxidation sites excluding steroid dienone is 1. The van der Waals surface area contributed by atoms with Gasteiger partial charge >= 0.3 is 0 Å². The van der Waals surface area contributed by atoms with E-state index in [4.69, 9.17) is 0 Å². The van der Waals surface area contributed by atoms with Crippen molar-refractivity contribution in [3.8, 4) is 0 Å². The number of hydrogen-bond donors (Lipinski definition) is 0. The molecular formula is C23H30N2. The summed E-state index contributed by atoms with van der Waals surface area (Å²) in [5.41, 5.74) is 2.79. The minimum absolute atomic E-state index is 0.316. The summed E-state index contributed by atoms with van der Waals surface area (Å²) in [7, 11) is 6.66. The third-order valence-electron chi connectivity index (χ3n) is 5.23. The fourth-order valence-electron chi connectivity index (χ4n) is 4.15. The Labute approximate surface area is 152 Å². The quantitative estimate of drug-likeness (QED) is 0.732. The smallest absolute Gasteiger partial charge is 0.0534 e. The van der Waals surface area contributed by atoms with Crippen LogP contribution in [0.3, 0.4) is 0 Å². The Balaban J connectivity index is 2.00. The van der Waals surface area contributed by atoms with Crippen LogP contribution in [0.2, 0.25) is 0 Å². The highest BCUT2D eigenvalue weighted by Gasteiger charge is 2.31. The van der Waals surface area contributed by atoms with Gasteiger partial charge in [-0.15, -0.1) is 0 Å². The number of hydrogen-bond acceptors (Lipinski definition) is 2. The molecule has 1 aliphatic heterocycles. The van der Waals surface area contributed by atoms with E-state index in [9.17, 15) is 0 Å². The Morgan fingerprint density at radius 3 is 2.12 bits per heavy atom. The molecule has 1 heterocycles. The molecule has 25 heavy (non-hydrogen) atoms. The predicted molar refractivity (Wildman–Crippen MR) is 107 cm³/mol. The molecule has 0 fully saturated rings. The van der Waals surface area contributed by atoms with Crippen molar-refractivity contribution in [1.82, 2.24) is 9.80 Å². The molecule has 2 nitrogen and oxygen atoms in total. The second-order valence-corrected chi connectivity index (χ2v) is 7.40. The summed E-state index contributed by atoms with van der Waals surface area (Å²) < 4.78 is 0. The summed E-state index contributed by atoms with van der Waals surface area (Å²) in [6.07, 6.45) is 7.13. The van der Waals surface area contributed by atoms with E-state index in [2.05, 4.69) is 104 Å². The zero-order valence-electron chi connectivity index (χ0n) is 15.7. The van der Waals surface area contributed by atoms with Crippen LogP contribution in [0.1, 0.15) is 36.1 Å². The van der Waals surface area contributed by atoms with Crippen molar-refractivity contribution in [3.05, 3.63) is 83.9 Å². The Hall–Kier alpha value is -1.90. The van der Waals surface area contributed by atoms with Crippen LogP contribution in [0.25, 0.3) is 0 Å². The minimum atomic E-state index is 0.316. The highest BCUT2D eigenvalue weighted by molar-refractivity contribution is 5.27. The summed E-state index contributed by atoms with van der Waals surface area (Å²) in [6, 6.07) is 22.6. The molecule has 1 aliphatic rings. The van der Waals surface area contributed by atoms with Gasteiger partial charge in [0.15, 0.2) is 0 Å². The summed E-state index contributed by atoms with van der Waals surface area (Å²) in [5.74, 6) is 0.610. The molecule has 0 aromatic heterocycles. The number of nitrogens with zero attached hydrogens (tertiary/aromatic N) is 2. The molecule has 0 N–H and O–H groups in total. The normalized spacial score (nSPS) is 24.9. The molecule has 0 radical (unpaired) electrons. The highest BCUT2D eigenvalue weighted by Crippen LogP contribution is 2.39. The monoisotopic (exact) mass is 334 g/mol. The molecule has 0 spiro atoms. The number of likely N-dealkylation sites (N-methyl/N-ethyl adjacent to an activating group) is 1. The summed E-state index contributed by atoms with van der Waals surface area (Å²) >= 11 is 0. The lowest BCUT2D eigenvalue weighted by Gasteiger charge is -2.41. The third kappa shape index (κ3) is 4.39. The first-order chi connectivity index (χ1) is 12.2. The first-order valence-electron chi connectivity index (χ1n) is 9.30. The Bertz CT molecular complexity index is 663. The van der Waals surface area contributed by atoms with Crippen LogP contribution in [0, 0.1) is 5.92 Å². The first-order valence-corrected chi connectivity index (χ1v) is 9.30. The number of benzene rings is 2. The van der Waals surface area contributed by atoms with Gasteiger partial charge in [-0.2, -0.15) is 0 Å². The Kier molecular flexibility index (Phi) is 6.06. The van der Waals surface area contributed by atoms with Crippen LogP contribution < -0.4 is 0 Å². The lowest BCUT2D eigenvalue weighted by Crippen LogP contribution is -2.38. The van der Waals surface area contributed by atoms with Crippen molar-refractivity contribution in [1.29, 1.82) is 0 Å². The molecule has 0 saturated carbocycles. The van der Waals surface area contributed by atoms with Crippen LogP contribution in [0.15, 0.2) is 72.8 Å². The molecule has 0 bridgehead atoms. The molecule has 3 atom stereocenters. The molecular weight excluding hydrogens is 304 g/mol. The van der Waals surface area contributed by atoms with Crippen molar-refractivity contribution >= 4 is 0 Å². The van der Waals surface area contributed by atoms with Gasteiger partial charge in [-0.3, -0.25) is 4.90 Å². The molecule has 0 amide bonds. The highest BCUT2D eigenvalue weighted by atomic mass is 15.2. The molecule has 3 unspecified atom stereocenters. The summed E-state index contributed by atoms with van der Waals surface area (Å²) in [4.78, 5) is 4.89. The minimum Gasteiger partial charge on any atom is -0.309 e. The van der Waals surface area contributed by atoms with Gasteiger partial charge in [-0.05, 0) is 51.0 Å². The van der Waals surface area contributed by atoms with Gasteiger partial charge in [0.25, 0.3) is 0 Å². The molecule has 3 rings (SSSR count). The van der Waals surface area contributed by atoms with Gasteiger partial charge in [-0.25, -0.2) is 0 Å². The first kappa shape index (κ1) is 17.9. The van der Waals surface area contributed by atoms with E-state index in [1.807, 2.05) is 0 Å². The van der Waals surface area contributed by atoms with Gasteiger partial charge in [0.05, 0.1) is 6.04 Å². The van der Waals surface area contributed by atoms with E-state index < -0.39 is 0 Å². The van der Waals surface area contributed by atoms with E-state index >= 15 is 0 Å². The zero-order chi connectivity index (χ0) is 17.6. The maximum Gasteiger partial charge on any atom is 0.0534 e. The fourth-order valence-corrected chi connectivity index (χ4v) is 4.15. The van der Waals surface area contributed by atoms with Crippen LogP contribution in [0.5, 0.6) is 0 Å². The van der Waals surface area contributed by atoms with Crippen LogP contribution >= 0.6 is 0 Å². The van der Waals surface area contributed by atoms with Crippen LogP contribution in [0.4, 0.5) is 0 Å². The van der Waals surface area contributed by atoms with Gasteiger partial charge in [-0.1, -0.05) is 72.8 Å². The van der Waals surface area contributed by atoms with Crippen molar-refractivity contribution in [2.75, 3.05) is 27.7 Å². The van der Waals surface area contributed by atoms with Gasteiger partial charge in [0.2, 0.25) is 0 Å². The third-order valence-corrected chi connectivity index (χ3v) is 5.23. The van der Waals surface area contributed by atoms with Crippen molar-refractivity contribution in [2.24, 2.45) is 5.92 Å². The van der Waals surface area contributed by atoms with Gasteiger partial charge in [0.1, 0.15) is 0 Å². The molecule has 2 aromatic rings. The SMILES string of the molecule is CN(C)CC1CCC=CC(c2ccccc2)N(C)C1c1ccccc1. The fraction of sp³-hybridized carbons (Fsp3) is 0.391. The zero-order valence-corrected chi connectivity index (χ0v) is 15.7. The summed E-state index contributed by atoms with van der Waals surface area (Å²) in [6.45, 7) is 1.11. The molecule has 0 saturated heterocycles. The average molecular weight is 335 g/mol. The standard InChI is InChI=1S/C23H30N2/c1-24(2)18-21-16-10-11-17-22(19-12-6-4-7-13-19)25(3)23(21)20-14-8-5-9-15-20/h4-9,11-15,17,21-23H,10,16,18H2,1-3H3. The molecule has 2 aromatic carbocycles. The lowest BCUT2D eigenvalue weighted by atomic mass is 9.84. The molecule has 2 heteroatoms. The Morgan fingerprint density at radius 2 is 1.52 bits per heavy atom. The topological polar surface area (TPSA) is 6.48 Å². The maximum atomic E-state index is 2.56. The van der Waals surface area contributed by atoms with Crippen molar-refractivity contribution in [3.63, 3.8) is 0 Å². The average Bonchev–Trinajstić information content (AvgIpc) is 2.61. The van der Waals surface area contributed by atoms with E-state index in [1.165, 1.54) is 17.5 Å². The van der Waals surface area contributed by atoms with E-state index in [0.717, 1.165) is 13.0 Å². The van der Waals surface area contributed by atoms with Crippen molar-refractivity contribution < 1.29 is 0 Å². The largest absolute Gasteiger partial charge is 0.309 e. The molecule has 0 aliphatic carbocycles. The Morgan fingerprint density at radius 1 is 0.920 bits per heavy atom. The molecule has 132 valence electrons. The van der Waals surface area contributed by atoms with Gasteiger partial charge in [0, 0.05) is 12.6 Å². The summed E-state index contributed by atoms with van der Waals surface area (Å²) in [5, 5.41) is 0.